The fourth-order valence-corrected chi connectivity index (χ4v) is 2.31. The van der Waals surface area contributed by atoms with Crippen LogP contribution >= 0.6 is 0 Å². The van der Waals surface area contributed by atoms with Crippen LogP contribution in [0.5, 0.6) is 0 Å². The van der Waals surface area contributed by atoms with E-state index in [-0.39, 0.29) is 11.1 Å². The Kier molecular flexibility index (Phi) is 4.28. The van der Waals surface area contributed by atoms with Crippen LogP contribution in [0.4, 0.5) is 0 Å². The van der Waals surface area contributed by atoms with E-state index in [9.17, 15) is 0 Å². The number of hydrogen-bond acceptors (Lipinski definition) is 2. The summed E-state index contributed by atoms with van der Waals surface area (Å²) in [7, 11) is 0. The van der Waals surface area contributed by atoms with Crippen molar-refractivity contribution in [2.45, 2.75) is 59.5 Å². The summed E-state index contributed by atoms with van der Waals surface area (Å²) in [5, 5.41) is 3.38. The van der Waals surface area contributed by atoms with E-state index in [2.05, 4.69) is 84.1 Å². The Morgan fingerprint density at radius 2 is 1.55 bits per heavy atom. The molecule has 0 amide bonds. The summed E-state index contributed by atoms with van der Waals surface area (Å²) in [6.07, 6.45) is 2.10. The molecule has 3 nitrogen and oxygen atoms in total. The highest BCUT2D eigenvalue weighted by Gasteiger charge is 2.23. The van der Waals surface area contributed by atoms with Crippen LogP contribution in [0.15, 0.2) is 40.3 Å². The summed E-state index contributed by atoms with van der Waals surface area (Å²) in [6.45, 7) is 14.7. The van der Waals surface area contributed by atoms with Gasteiger partial charge in [-0.25, -0.2) is 0 Å². The average molecular weight is 297 g/mol. The lowest BCUT2D eigenvalue weighted by atomic mass is 10.0. The molecular formula is C19H27N3. The second kappa shape index (κ2) is 5.71. The van der Waals surface area contributed by atoms with Crippen LogP contribution in [0.1, 0.15) is 52.7 Å². The van der Waals surface area contributed by atoms with E-state index in [1.165, 1.54) is 11.1 Å². The maximum absolute atomic E-state index is 4.83. The molecule has 0 atom stereocenters. The molecule has 22 heavy (non-hydrogen) atoms. The third-order valence-corrected chi connectivity index (χ3v) is 3.01. The molecule has 0 aromatic heterocycles. The van der Waals surface area contributed by atoms with Crippen molar-refractivity contribution < 1.29 is 0 Å². The zero-order valence-electron chi connectivity index (χ0n) is 14.8. The zero-order chi connectivity index (χ0) is 16.5. The fourth-order valence-electron chi connectivity index (χ4n) is 2.31. The first kappa shape index (κ1) is 16.5. The molecule has 0 spiro atoms. The van der Waals surface area contributed by atoms with Crippen molar-refractivity contribution in [1.29, 1.82) is 0 Å². The average Bonchev–Trinajstić information content (AvgIpc) is 2.66. The third-order valence-electron chi connectivity index (χ3n) is 3.01. The summed E-state index contributed by atoms with van der Waals surface area (Å²) in [4.78, 5) is 9.57. The van der Waals surface area contributed by atoms with E-state index in [0.29, 0.717) is 0 Å². The van der Waals surface area contributed by atoms with Crippen LogP contribution in [0.25, 0.3) is 5.57 Å². The number of nitrogens with zero attached hydrogens (tertiary/aromatic N) is 2. The molecule has 0 saturated heterocycles. The lowest BCUT2D eigenvalue weighted by Gasteiger charge is -2.16. The van der Waals surface area contributed by atoms with E-state index < -0.39 is 0 Å². The van der Waals surface area contributed by atoms with Gasteiger partial charge in [-0.05, 0) is 60.1 Å². The molecule has 1 aromatic rings. The van der Waals surface area contributed by atoms with Gasteiger partial charge in [-0.15, -0.1) is 0 Å². The number of rotatable bonds is 1. The minimum absolute atomic E-state index is 0.117. The van der Waals surface area contributed by atoms with Gasteiger partial charge in [0.25, 0.3) is 0 Å². The largest absolute Gasteiger partial charge is 0.325 e. The second-order valence-corrected chi connectivity index (χ2v) is 7.85. The molecule has 2 rings (SSSR count). The van der Waals surface area contributed by atoms with Crippen molar-refractivity contribution in [3.8, 4) is 0 Å². The predicted molar refractivity (Wildman–Crippen MR) is 96.7 cm³/mol. The van der Waals surface area contributed by atoms with Gasteiger partial charge in [0.15, 0.2) is 0 Å². The van der Waals surface area contributed by atoms with Crippen molar-refractivity contribution in [3.05, 3.63) is 41.5 Å². The van der Waals surface area contributed by atoms with Crippen molar-refractivity contribution in [2.75, 3.05) is 0 Å². The van der Waals surface area contributed by atoms with E-state index in [0.717, 1.165) is 17.2 Å². The van der Waals surface area contributed by atoms with Gasteiger partial charge in [0.05, 0.1) is 11.1 Å². The van der Waals surface area contributed by atoms with Crippen LogP contribution in [-0.4, -0.2) is 22.7 Å². The Hall–Kier alpha value is -1.90. The number of aryl methyl sites for hydroxylation is 1. The van der Waals surface area contributed by atoms with Crippen LogP contribution < -0.4 is 5.32 Å². The quantitative estimate of drug-likeness (QED) is 0.820. The van der Waals surface area contributed by atoms with Gasteiger partial charge in [0.1, 0.15) is 11.7 Å². The maximum Gasteiger partial charge on any atom is 0.135 e. The maximum atomic E-state index is 4.83. The smallest absolute Gasteiger partial charge is 0.135 e. The molecule has 0 fully saturated rings. The lowest BCUT2D eigenvalue weighted by Crippen LogP contribution is -2.28. The molecule has 0 saturated carbocycles. The molecule has 1 aliphatic heterocycles. The number of nitrogens with one attached hydrogen (secondary N) is 1. The van der Waals surface area contributed by atoms with Gasteiger partial charge in [0.2, 0.25) is 0 Å². The number of benzene rings is 1. The summed E-state index contributed by atoms with van der Waals surface area (Å²) >= 11 is 0. The predicted octanol–water partition coefficient (Wildman–Crippen LogP) is 4.38. The van der Waals surface area contributed by atoms with Gasteiger partial charge in [-0.2, -0.15) is 0 Å². The summed E-state index contributed by atoms with van der Waals surface area (Å²) in [6, 6.07) is 8.50. The van der Waals surface area contributed by atoms with Crippen molar-refractivity contribution in [2.24, 2.45) is 9.98 Å². The van der Waals surface area contributed by atoms with Crippen molar-refractivity contribution >= 4 is 17.2 Å². The summed E-state index contributed by atoms with van der Waals surface area (Å²) in [5.74, 6) is 1.79. The number of aliphatic imine (C=N–C) groups is 2. The van der Waals surface area contributed by atoms with Crippen molar-refractivity contribution in [1.82, 2.24) is 5.32 Å². The van der Waals surface area contributed by atoms with Crippen LogP contribution in [0, 0.1) is 6.92 Å². The Labute approximate surface area is 134 Å². The van der Waals surface area contributed by atoms with Gasteiger partial charge in [0, 0.05) is 5.57 Å². The molecule has 0 radical (unpaired) electrons. The second-order valence-electron chi connectivity index (χ2n) is 7.85. The number of hydrogen-bond donors (Lipinski definition) is 1. The molecular weight excluding hydrogens is 270 g/mol. The zero-order valence-corrected chi connectivity index (χ0v) is 14.8. The molecule has 0 unspecified atom stereocenters. The summed E-state index contributed by atoms with van der Waals surface area (Å²) in [5.41, 5.74) is 3.28. The Balaban J connectivity index is 2.51. The first-order chi connectivity index (χ1) is 10.0. The highest BCUT2D eigenvalue weighted by Crippen LogP contribution is 2.23. The monoisotopic (exact) mass is 297 g/mol. The highest BCUT2D eigenvalue weighted by molar-refractivity contribution is 6.36. The highest BCUT2D eigenvalue weighted by atomic mass is 15.1. The van der Waals surface area contributed by atoms with Gasteiger partial charge in [-0.3, -0.25) is 9.98 Å². The fraction of sp³-hybridized carbons (Fsp3) is 0.474. The van der Waals surface area contributed by atoms with E-state index >= 15 is 0 Å². The first-order valence-electron chi connectivity index (χ1n) is 7.79. The SMILES string of the molecule is Cc1cccc(C2=CC(=NC(C)(C)C)NC2=NC(C)(C)C)c1. The Morgan fingerprint density at radius 3 is 2.09 bits per heavy atom. The number of amidine groups is 2. The summed E-state index contributed by atoms with van der Waals surface area (Å²) < 4.78 is 0. The molecule has 1 aromatic carbocycles. The van der Waals surface area contributed by atoms with E-state index in [1.807, 2.05) is 0 Å². The van der Waals surface area contributed by atoms with Crippen LogP contribution in [0.2, 0.25) is 0 Å². The minimum Gasteiger partial charge on any atom is -0.325 e. The normalized spacial score (nSPS) is 19.5. The lowest BCUT2D eigenvalue weighted by molar-refractivity contribution is 0.580. The van der Waals surface area contributed by atoms with Gasteiger partial charge < -0.3 is 5.32 Å². The molecule has 3 heteroatoms. The third kappa shape index (κ3) is 4.55. The van der Waals surface area contributed by atoms with E-state index in [4.69, 9.17) is 9.98 Å². The van der Waals surface area contributed by atoms with Crippen LogP contribution in [-0.2, 0) is 0 Å². The van der Waals surface area contributed by atoms with Crippen LogP contribution in [0.3, 0.4) is 0 Å². The first-order valence-corrected chi connectivity index (χ1v) is 7.79. The molecule has 1 heterocycles. The molecule has 1 N–H and O–H groups in total. The Morgan fingerprint density at radius 1 is 0.909 bits per heavy atom. The van der Waals surface area contributed by atoms with Gasteiger partial charge >= 0.3 is 0 Å². The van der Waals surface area contributed by atoms with E-state index in [1.54, 1.807) is 0 Å². The molecule has 1 aliphatic rings. The molecule has 0 bridgehead atoms. The minimum atomic E-state index is -0.136. The molecule has 0 aliphatic carbocycles. The standard InChI is InChI=1S/C19H27N3/c1-13-9-8-10-14(11-13)15-12-16(21-18(2,3)4)20-17(15)22-19(5,6)7/h8-12H,1-7H3,(H,20,21,22). The Bertz CT molecular complexity index is 650. The van der Waals surface area contributed by atoms with Gasteiger partial charge in [-0.1, -0.05) is 29.8 Å². The topological polar surface area (TPSA) is 36.8 Å². The van der Waals surface area contributed by atoms with Crippen molar-refractivity contribution in [3.63, 3.8) is 0 Å². The molecule has 118 valence electrons.